The number of thiophene rings is 1. The fourth-order valence-corrected chi connectivity index (χ4v) is 4.91. The highest BCUT2D eigenvalue weighted by atomic mass is 32.1. The van der Waals surface area contributed by atoms with Gasteiger partial charge in [0.25, 0.3) is 11.8 Å². The molecule has 6 nitrogen and oxygen atoms in total. The monoisotopic (exact) mass is 393 g/mol. The van der Waals surface area contributed by atoms with Gasteiger partial charge in [0.1, 0.15) is 23.1 Å². The number of nitrogens with one attached hydrogen (secondary N) is 1. The number of fused-ring (bicyclic) bond motifs is 1. The Morgan fingerprint density at radius 1 is 1.18 bits per heavy atom. The highest BCUT2D eigenvalue weighted by Crippen LogP contribution is 2.33. The van der Waals surface area contributed by atoms with E-state index in [-0.39, 0.29) is 0 Å². The normalized spacial score (nSPS) is 18.9. The highest BCUT2D eigenvalue weighted by Gasteiger charge is 2.30. The maximum Gasteiger partial charge on any atom is 0.271 e. The van der Waals surface area contributed by atoms with Crippen molar-refractivity contribution in [3.8, 4) is 22.7 Å². The fourth-order valence-electron chi connectivity index (χ4n) is 3.93. The molecule has 0 spiro atoms. The molecule has 1 aromatic carbocycles. The zero-order chi connectivity index (χ0) is 19.1. The number of benzene rings is 1. The molecule has 0 fully saturated rings. The minimum Gasteiger partial charge on any atom is -0.415 e. The number of quaternary nitrogens is 1. The lowest BCUT2D eigenvalue weighted by Gasteiger charge is -2.29. The molecule has 1 unspecified atom stereocenters. The van der Waals surface area contributed by atoms with Gasteiger partial charge in [-0.1, -0.05) is 35.5 Å². The third kappa shape index (κ3) is 2.96. The van der Waals surface area contributed by atoms with E-state index < -0.39 is 0 Å². The molecule has 1 aliphatic heterocycles. The number of rotatable bonds is 4. The van der Waals surface area contributed by atoms with Crippen LogP contribution in [0.15, 0.2) is 50.7 Å². The molecule has 4 aromatic rings. The number of hydrogen-bond acceptors (Lipinski definition) is 6. The Balaban J connectivity index is 1.42. The summed E-state index contributed by atoms with van der Waals surface area (Å²) in [5.74, 6) is 1.79. The van der Waals surface area contributed by atoms with Gasteiger partial charge >= 0.3 is 0 Å². The average molecular weight is 393 g/mol. The van der Waals surface area contributed by atoms with Gasteiger partial charge in [0.2, 0.25) is 0 Å². The Morgan fingerprint density at radius 2 is 2.04 bits per heavy atom. The molecule has 0 radical (unpaired) electrons. The Kier molecular flexibility index (Phi) is 4.33. The molecule has 2 atom stereocenters. The van der Waals surface area contributed by atoms with Crippen LogP contribution in [0.2, 0.25) is 0 Å². The summed E-state index contributed by atoms with van der Waals surface area (Å²) in [6.45, 7) is 5.94. The van der Waals surface area contributed by atoms with Crippen LogP contribution in [0.5, 0.6) is 0 Å². The van der Waals surface area contributed by atoms with Crippen molar-refractivity contribution in [2.45, 2.75) is 32.9 Å². The SMILES string of the molecule is Cc1onc(-c2ccccc2)c1-c1nnc(C[NH+]2CCc3sccc3[C@H]2C)o1. The van der Waals surface area contributed by atoms with Crippen molar-refractivity contribution in [1.29, 1.82) is 0 Å². The first-order valence-electron chi connectivity index (χ1n) is 9.46. The van der Waals surface area contributed by atoms with Gasteiger partial charge in [-0.2, -0.15) is 0 Å². The van der Waals surface area contributed by atoms with Gasteiger partial charge < -0.3 is 13.8 Å². The summed E-state index contributed by atoms with van der Waals surface area (Å²) in [4.78, 5) is 2.96. The molecule has 5 rings (SSSR count). The summed E-state index contributed by atoms with van der Waals surface area (Å²) >= 11 is 1.86. The topological polar surface area (TPSA) is 69.4 Å². The lowest BCUT2D eigenvalue weighted by atomic mass is 10.0. The fraction of sp³-hybridized carbons (Fsp3) is 0.286. The van der Waals surface area contributed by atoms with E-state index in [0.29, 0.717) is 30.1 Å². The minimum atomic E-state index is 0.433. The molecule has 3 aromatic heterocycles. The number of hydrogen-bond donors (Lipinski definition) is 1. The Hall–Kier alpha value is -2.77. The van der Waals surface area contributed by atoms with Crippen molar-refractivity contribution in [2.24, 2.45) is 0 Å². The van der Waals surface area contributed by atoms with Crippen molar-refractivity contribution in [2.75, 3.05) is 6.54 Å². The summed E-state index contributed by atoms with van der Waals surface area (Å²) in [6, 6.07) is 12.6. The highest BCUT2D eigenvalue weighted by molar-refractivity contribution is 7.10. The van der Waals surface area contributed by atoms with Crippen LogP contribution in [-0.2, 0) is 13.0 Å². The lowest BCUT2D eigenvalue weighted by Crippen LogP contribution is -3.11. The molecule has 1 N–H and O–H groups in total. The van der Waals surface area contributed by atoms with E-state index in [1.807, 2.05) is 48.6 Å². The Morgan fingerprint density at radius 3 is 2.89 bits per heavy atom. The van der Waals surface area contributed by atoms with Crippen LogP contribution in [0.3, 0.4) is 0 Å². The zero-order valence-corrected chi connectivity index (χ0v) is 16.6. The number of aryl methyl sites for hydroxylation is 1. The predicted molar refractivity (Wildman–Crippen MR) is 106 cm³/mol. The van der Waals surface area contributed by atoms with Crippen LogP contribution in [0.1, 0.15) is 35.1 Å². The third-order valence-corrected chi connectivity index (χ3v) is 6.50. The van der Waals surface area contributed by atoms with Crippen molar-refractivity contribution < 1.29 is 13.8 Å². The van der Waals surface area contributed by atoms with Gasteiger partial charge in [0.15, 0.2) is 6.54 Å². The van der Waals surface area contributed by atoms with Crippen LogP contribution in [0.25, 0.3) is 22.7 Å². The second-order valence-electron chi connectivity index (χ2n) is 7.19. The zero-order valence-electron chi connectivity index (χ0n) is 15.8. The molecule has 28 heavy (non-hydrogen) atoms. The van der Waals surface area contributed by atoms with E-state index in [2.05, 4.69) is 33.7 Å². The van der Waals surface area contributed by atoms with E-state index in [4.69, 9.17) is 8.94 Å². The van der Waals surface area contributed by atoms with E-state index >= 15 is 0 Å². The first-order chi connectivity index (χ1) is 13.7. The third-order valence-electron chi connectivity index (χ3n) is 5.50. The second kappa shape index (κ2) is 7.00. The molecule has 4 heterocycles. The molecule has 1 aliphatic rings. The molecule has 0 bridgehead atoms. The molecule has 0 amide bonds. The number of aromatic nitrogens is 3. The molecule has 7 heteroatoms. The van der Waals surface area contributed by atoms with Crippen LogP contribution in [0, 0.1) is 6.92 Å². The van der Waals surface area contributed by atoms with E-state index in [0.717, 1.165) is 29.8 Å². The van der Waals surface area contributed by atoms with E-state index in [1.54, 1.807) is 0 Å². The molecule has 0 aliphatic carbocycles. The smallest absolute Gasteiger partial charge is 0.271 e. The number of nitrogens with zero attached hydrogens (tertiary/aromatic N) is 3. The maximum absolute atomic E-state index is 6.05. The molecular weight excluding hydrogens is 372 g/mol. The quantitative estimate of drug-likeness (QED) is 0.575. The van der Waals surface area contributed by atoms with Gasteiger partial charge in [-0.25, -0.2) is 0 Å². The summed E-state index contributed by atoms with van der Waals surface area (Å²) in [5, 5.41) is 15.0. The standard InChI is InChI=1S/C21H20N4O2S/c1-13-16-9-11-28-17(16)8-10-25(13)12-18-22-23-21(26-18)19-14(2)27-24-20(19)15-6-4-3-5-7-15/h3-7,9,11,13H,8,10,12H2,1-2H3/p+1/t13-/m1/s1. The van der Waals surface area contributed by atoms with Crippen molar-refractivity contribution >= 4 is 11.3 Å². The Labute approximate surface area is 166 Å². The maximum atomic E-state index is 6.05. The van der Waals surface area contributed by atoms with Crippen LogP contribution in [-0.4, -0.2) is 21.9 Å². The molecule has 142 valence electrons. The Bertz CT molecular complexity index is 1100. The lowest BCUT2D eigenvalue weighted by molar-refractivity contribution is -0.946. The minimum absolute atomic E-state index is 0.433. The van der Waals surface area contributed by atoms with Crippen LogP contribution < -0.4 is 4.90 Å². The van der Waals surface area contributed by atoms with Gasteiger partial charge in [0.05, 0.1) is 6.54 Å². The van der Waals surface area contributed by atoms with Gasteiger partial charge in [0, 0.05) is 22.4 Å². The van der Waals surface area contributed by atoms with E-state index in [9.17, 15) is 0 Å². The largest absolute Gasteiger partial charge is 0.415 e. The van der Waals surface area contributed by atoms with Crippen LogP contribution >= 0.6 is 11.3 Å². The summed E-state index contributed by atoms with van der Waals surface area (Å²) in [6.07, 6.45) is 1.11. The van der Waals surface area contributed by atoms with Gasteiger partial charge in [-0.15, -0.1) is 21.5 Å². The van der Waals surface area contributed by atoms with Crippen molar-refractivity contribution in [1.82, 2.24) is 15.4 Å². The van der Waals surface area contributed by atoms with Crippen molar-refractivity contribution in [3.63, 3.8) is 0 Å². The average Bonchev–Trinajstić information content (AvgIpc) is 3.44. The van der Waals surface area contributed by atoms with Crippen LogP contribution in [0.4, 0.5) is 0 Å². The predicted octanol–water partition coefficient (Wildman–Crippen LogP) is 3.46. The molecular formula is C21H21N4O2S+. The van der Waals surface area contributed by atoms with Gasteiger partial charge in [-0.05, 0) is 25.3 Å². The second-order valence-corrected chi connectivity index (χ2v) is 8.19. The van der Waals surface area contributed by atoms with Gasteiger partial charge in [-0.3, -0.25) is 0 Å². The first kappa shape index (κ1) is 17.3. The van der Waals surface area contributed by atoms with Crippen molar-refractivity contribution in [3.05, 3.63) is 63.9 Å². The molecule has 0 saturated heterocycles. The summed E-state index contributed by atoms with van der Waals surface area (Å²) in [5.41, 5.74) is 3.92. The summed E-state index contributed by atoms with van der Waals surface area (Å²) in [7, 11) is 0. The molecule has 0 saturated carbocycles. The van der Waals surface area contributed by atoms with E-state index in [1.165, 1.54) is 15.3 Å². The first-order valence-corrected chi connectivity index (χ1v) is 10.3. The summed E-state index contributed by atoms with van der Waals surface area (Å²) < 4.78 is 11.5.